The number of anilines is 1. The molecule has 84 valence electrons. The number of aliphatic hydroxyl groups is 1. The lowest BCUT2D eigenvalue weighted by Crippen LogP contribution is -2.29. The first-order valence-electron chi connectivity index (χ1n) is 5.16. The summed E-state index contributed by atoms with van der Waals surface area (Å²) in [4.78, 5) is 0. The van der Waals surface area contributed by atoms with Crippen LogP contribution >= 0.6 is 0 Å². The van der Waals surface area contributed by atoms with Crippen molar-refractivity contribution >= 4 is 5.69 Å². The van der Waals surface area contributed by atoms with E-state index in [1.165, 1.54) is 0 Å². The molecule has 0 saturated carbocycles. The van der Waals surface area contributed by atoms with Crippen LogP contribution in [0.1, 0.15) is 19.4 Å². The van der Waals surface area contributed by atoms with E-state index in [0.29, 0.717) is 0 Å². The zero-order chi connectivity index (χ0) is 11.3. The Morgan fingerprint density at radius 1 is 1.27 bits per heavy atom. The predicted octanol–water partition coefficient (Wildman–Crippen LogP) is 2.01. The van der Waals surface area contributed by atoms with Crippen LogP contribution in [-0.2, 0) is 11.3 Å². The molecule has 0 aromatic heterocycles. The summed E-state index contributed by atoms with van der Waals surface area (Å²) in [5, 5.41) is 12.2. The van der Waals surface area contributed by atoms with Gasteiger partial charge >= 0.3 is 0 Å². The van der Waals surface area contributed by atoms with Crippen molar-refractivity contribution in [2.24, 2.45) is 0 Å². The molecule has 0 amide bonds. The van der Waals surface area contributed by atoms with Gasteiger partial charge in [0, 0.05) is 18.8 Å². The summed E-state index contributed by atoms with van der Waals surface area (Å²) in [5.41, 5.74) is 1.97. The van der Waals surface area contributed by atoms with Gasteiger partial charge < -0.3 is 15.2 Å². The third-order valence-corrected chi connectivity index (χ3v) is 2.61. The van der Waals surface area contributed by atoms with Gasteiger partial charge in [0.1, 0.15) is 0 Å². The van der Waals surface area contributed by atoms with Crippen LogP contribution in [0.5, 0.6) is 0 Å². The van der Waals surface area contributed by atoms with Gasteiger partial charge in [-0.2, -0.15) is 0 Å². The number of aliphatic hydroxyl groups excluding tert-OH is 1. The van der Waals surface area contributed by atoms with Crippen molar-refractivity contribution in [1.29, 1.82) is 0 Å². The molecule has 1 rings (SSSR count). The Bertz CT molecular complexity index is 284. The van der Waals surface area contributed by atoms with Crippen molar-refractivity contribution in [2.45, 2.75) is 32.6 Å². The summed E-state index contributed by atoms with van der Waals surface area (Å²) >= 11 is 0. The zero-order valence-corrected chi connectivity index (χ0v) is 9.53. The summed E-state index contributed by atoms with van der Waals surface area (Å²) in [5.74, 6) is 0. The van der Waals surface area contributed by atoms with Gasteiger partial charge in [-0.3, -0.25) is 0 Å². The number of hydrogen-bond donors (Lipinski definition) is 2. The topological polar surface area (TPSA) is 41.5 Å². The molecule has 1 aromatic carbocycles. The van der Waals surface area contributed by atoms with Crippen LogP contribution in [-0.4, -0.2) is 24.4 Å². The number of methoxy groups -OCH3 is 1. The molecule has 2 unspecified atom stereocenters. The summed E-state index contributed by atoms with van der Waals surface area (Å²) in [7, 11) is 1.71. The second-order valence-electron chi connectivity index (χ2n) is 3.73. The molecular weight excluding hydrogens is 190 g/mol. The first kappa shape index (κ1) is 12.0. The minimum Gasteiger partial charge on any atom is -0.392 e. The molecule has 2 atom stereocenters. The van der Waals surface area contributed by atoms with Gasteiger partial charge in [0.2, 0.25) is 0 Å². The van der Waals surface area contributed by atoms with Crippen molar-refractivity contribution in [1.82, 2.24) is 0 Å². The van der Waals surface area contributed by atoms with E-state index in [1.54, 1.807) is 7.11 Å². The molecule has 0 bridgehead atoms. The summed E-state index contributed by atoms with van der Waals surface area (Å²) in [6, 6.07) is 8.00. The molecule has 0 saturated heterocycles. The maximum Gasteiger partial charge on any atom is 0.0741 e. The molecule has 0 fully saturated rings. The van der Waals surface area contributed by atoms with Crippen LogP contribution in [0.2, 0.25) is 0 Å². The lowest BCUT2D eigenvalue weighted by Gasteiger charge is -2.21. The van der Waals surface area contributed by atoms with Crippen molar-refractivity contribution in [3.8, 4) is 0 Å². The average molecular weight is 209 g/mol. The first-order chi connectivity index (χ1) is 7.17. The van der Waals surface area contributed by atoms with E-state index >= 15 is 0 Å². The normalized spacial score (nSPS) is 14.7. The van der Waals surface area contributed by atoms with Gasteiger partial charge in [0.15, 0.2) is 0 Å². The van der Waals surface area contributed by atoms with Crippen molar-refractivity contribution in [2.75, 3.05) is 12.4 Å². The number of hydrogen-bond acceptors (Lipinski definition) is 3. The van der Waals surface area contributed by atoms with E-state index in [4.69, 9.17) is 9.84 Å². The molecule has 2 N–H and O–H groups in total. The van der Waals surface area contributed by atoms with Gasteiger partial charge in [-0.05, 0) is 31.5 Å². The van der Waals surface area contributed by atoms with E-state index in [9.17, 15) is 0 Å². The minimum atomic E-state index is 0.0876. The average Bonchev–Trinajstić information content (AvgIpc) is 2.29. The molecule has 3 nitrogen and oxygen atoms in total. The third-order valence-electron chi connectivity index (χ3n) is 2.61. The molecule has 0 aliphatic carbocycles. The minimum absolute atomic E-state index is 0.0876. The SMILES string of the molecule is COC(C)C(C)Nc1ccc(CO)cc1. The molecule has 0 aliphatic heterocycles. The van der Waals surface area contributed by atoms with Gasteiger partial charge in [-0.15, -0.1) is 0 Å². The zero-order valence-electron chi connectivity index (χ0n) is 9.53. The van der Waals surface area contributed by atoms with Crippen LogP contribution in [0.4, 0.5) is 5.69 Å². The number of ether oxygens (including phenoxy) is 1. The Morgan fingerprint density at radius 2 is 1.87 bits per heavy atom. The smallest absolute Gasteiger partial charge is 0.0741 e. The van der Waals surface area contributed by atoms with Crippen molar-refractivity contribution < 1.29 is 9.84 Å². The Hall–Kier alpha value is -1.06. The molecule has 3 heteroatoms. The monoisotopic (exact) mass is 209 g/mol. The Morgan fingerprint density at radius 3 is 2.33 bits per heavy atom. The highest BCUT2D eigenvalue weighted by Gasteiger charge is 2.10. The highest BCUT2D eigenvalue weighted by molar-refractivity contribution is 5.45. The fourth-order valence-corrected chi connectivity index (χ4v) is 1.29. The van der Waals surface area contributed by atoms with Gasteiger partial charge in [-0.25, -0.2) is 0 Å². The Kier molecular flexibility index (Phi) is 4.59. The Balaban J connectivity index is 2.57. The van der Waals surface area contributed by atoms with E-state index in [1.807, 2.05) is 31.2 Å². The largest absolute Gasteiger partial charge is 0.392 e. The van der Waals surface area contributed by atoms with Crippen LogP contribution in [0.3, 0.4) is 0 Å². The molecule has 0 radical (unpaired) electrons. The molecule has 0 spiro atoms. The fourth-order valence-electron chi connectivity index (χ4n) is 1.29. The maximum absolute atomic E-state index is 8.90. The van der Waals surface area contributed by atoms with Gasteiger partial charge in [0.25, 0.3) is 0 Å². The van der Waals surface area contributed by atoms with E-state index < -0.39 is 0 Å². The number of benzene rings is 1. The quantitative estimate of drug-likeness (QED) is 0.779. The molecular formula is C12H19NO2. The molecule has 1 aromatic rings. The van der Waals surface area contributed by atoms with Gasteiger partial charge in [-0.1, -0.05) is 12.1 Å². The second-order valence-corrected chi connectivity index (χ2v) is 3.73. The molecule has 0 aliphatic rings. The van der Waals surface area contributed by atoms with Crippen LogP contribution in [0.15, 0.2) is 24.3 Å². The van der Waals surface area contributed by atoms with Crippen LogP contribution in [0, 0.1) is 0 Å². The van der Waals surface area contributed by atoms with Crippen LogP contribution < -0.4 is 5.32 Å². The number of nitrogens with one attached hydrogen (secondary N) is 1. The summed E-state index contributed by atoms with van der Waals surface area (Å²) in [6.45, 7) is 4.19. The number of rotatable bonds is 5. The van der Waals surface area contributed by atoms with E-state index in [-0.39, 0.29) is 18.8 Å². The molecule has 0 heterocycles. The maximum atomic E-state index is 8.90. The second kappa shape index (κ2) is 5.73. The predicted molar refractivity (Wildman–Crippen MR) is 61.9 cm³/mol. The lowest BCUT2D eigenvalue weighted by molar-refractivity contribution is 0.106. The first-order valence-corrected chi connectivity index (χ1v) is 5.16. The van der Waals surface area contributed by atoms with E-state index in [0.717, 1.165) is 11.3 Å². The van der Waals surface area contributed by atoms with Gasteiger partial charge in [0.05, 0.1) is 12.7 Å². The fraction of sp³-hybridized carbons (Fsp3) is 0.500. The standard InChI is InChI=1S/C12H19NO2/c1-9(10(2)15-3)13-12-6-4-11(8-14)5-7-12/h4-7,9-10,13-14H,8H2,1-3H3. The summed E-state index contributed by atoms with van der Waals surface area (Å²) < 4.78 is 5.23. The van der Waals surface area contributed by atoms with Crippen molar-refractivity contribution in [3.63, 3.8) is 0 Å². The highest BCUT2D eigenvalue weighted by Crippen LogP contribution is 2.12. The third kappa shape index (κ3) is 3.53. The summed E-state index contributed by atoms with van der Waals surface area (Å²) in [6.07, 6.45) is 0.169. The van der Waals surface area contributed by atoms with Crippen molar-refractivity contribution in [3.05, 3.63) is 29.8 Å². The Labute approximate surface area is 91.1 Å². The van der Waals surface area contributed by atoms with Crippen LogP contribution in [0.25, 0.3) is 0 Å². The van der Waals surface area contributed by atoms with E-state index in [2.05, 4.69) is 12.2 Å². The highest BCUT2D eigenvalue weighted by atomic mass is 16.5. The molecule has 15 heavy (non-hydrogen) atoms. The lowest BCUT2D eigenvalue weighted by atomic mass is 10.1.